The van der Waals surface area contributed by atoms with Gasteiger partial charge in [-0.25, -0.2) is 9.59 Å². The molecule has 3 aromatic rings. The SMILES string of the molecule is O=C(O)c1ccc(C(=O)NC(Cc2cccc3ccccc23)C(=O)O)cc1. The van der Waals surface area contributed by atoms with Crippen molar-refractivity contribution in [3.63, 3.8) is 0 Å². The van der Waals surface area contributed by atoms with Gasteiger partial charge in [-0.15, -0.1) is 0 Å². The van der Waals surface area contributed by atoms with Gasteiger partial charge >= 0.3 is 11.9 Å². The Balaban J connectivity index is 1.80. The number of benzene rings is 3. The third-order valence-corrected chi connectivity index (χ3v) is 4.30. The van der Waals surface area contributed by atoms with Crippen LogP contribution in [-0.4, -0.2) is 34.1 Å². The number of rotatable bonds is 6. The van der Waals surface area contributed by atoms with Crippen LogP contribution in [0.2, 0.25) is 0 Å². The molecule has 0 heterocycles. The van der Waals surface area contributed by atoms with Crippen molar-refractivity contribution in [1.29, 1.82) is 0 Å². The summed E-state index contributed by atoms with van der Waals surface area (Å²) in [7, 11) is 0. The number of carboxylic acid groups (broad SMARTS) is 2. The second-order valence-electron chi connectivity index (χ2n) is 6.09. The maximum absolute atomic E-state index is 12.4. The molecule has 0 saturated carbocycles. The number of carbonyl (C=O) groups is 3. The van der Waals surface area contributed by atoms with Gasteiger partial charge in [0.15, 0.2) is 0 Å². The minimum absolute atomic E-state index is 0.0529. The third-order valence-electron chi connectivity index (χ3n) is 4.30. The summed E-state index contributed by atoms with van der Waals surface area (Å²) in [6.07, 6.45) is 0.135. The first kappa shape index (κ1) is 18.1. The first-order valence-electron chi connectivity index (χ1n) is 8.29. The number of carbonyl (C=O) groups excluding carboxylic acids is 1. The van der Waals surface area contributed by atoms with Crippen LogP contribution >= 0.6 is 0 Å². The molecule has 6 heteroatoms. The van der Waals surface area contributed by atoms with E-state index in [1.165, 1.54) is 24.3 Å². The zero-order valence-corrected chi connectivity index (χ0v) is 14.3. The minimum atomic E-state index is -1.14. The maximum Gasteiger partial charge on any atom is 0.335 e. The van der Waals surface area contributed by atoms with Crippen LogP contribution in [0.1, 0.15) is 26.3 Å². The van der Waals surface area contributed by atoms with Crippen molar-refractivity contribution < 1.29 is 24.6 Å². The predicted octanol–water partition coefficient (Wildman–Crippen LogP) is 2.96. The van der Waals surface area contributed by atoms with E-state index in [0.717, 1.165) is 16.3 Å². The fraction of sp³-hybridized carbons (Fsp3) is 0.0952. The first-order valence-corrected chi connectivity index (χ1v) is 8.29. The summed E-state index contributed by atoms with van der Waals surface area (Å²) >= 11 is 0. The predicted molar refractivity (Wildman–Crippen MR) is 99.9 cm³/mol. The summed E-state index contributed by atoms with van der Waals surface area (Å²) in [5, 5.41) is 22.9. The van der Waals surface area contributed by atoms with Crippen molar-refractivity contribution in [1.82, 2.24) is 5.32 Å². The van der Waals surface area contributed by atoms with E-state index < -0.39 is 23.9 Å². The van der Waals surface area contributed by atoms with Crippen molar-refractivity contribution in [2.75, 3.05) is 0 Å². The highest BCUT2D eigenvalue weighted by Gasteiger charge is 2.22. The molecule has 0 aromatic heterocycles. The molecule has 3 aromatic carbocycles. The molecule has 0 fully saturated rings. The van der Waals surface area contributed by atoms with Gasteiger partial charge in [-0.2, -0.15) is 0 Å². The Morgan fingerprint density at radius 2 is 1.44 bits per heavy atom. The Morgan fingerprint density at radius 1 is 0.815 bits per heavy atom. The van der Waals surface area contributed by atoms with E-state index in [1.54, 1.807) is 0 Å². The summed E-state index contributed by atoms with van der Waals surface area (Å²) in [5.74, 6) is -2.81. The molecule has 0 aliphatic carbocycles. The van der Waals surface area contributed by atoms with Crippen LogP contribution in [0.4, 0.5) is 0 Å². The van der Waals surface area contributed by atoms with Crippen LogP contribution < -0.4 is 5.32 Å². The number of hydrogen-bond acceptors (Lipinski definition) is 3. The fourth-order valence-electron chi connectivity index (χ4n) is 2.90. The Bertz CT molecular complexity index is 1010. The molecule has 6 nitrogen and oxygen atoms in total. The van der Waals surface area contributed by atoms with E-state index >= 15 is 0 Å². The van der Waals surface area contributed by atoms with E-state index in [-0.39, 0.29) is 17.5 Å². The van der Waals surface area contributed by atoms with Crippen molar-refractivity contribution in [2.45, 2.75) is 12.5 Å². The van der Waals surface area contributed by atoms with E-state index in [9.17, 15) is 19.5 Å². The normalized spacial score (nSPS) is 11.7. The Morgan fingerprint density at radius 3 is 2.11 bits per heavy atom. The lowest BCUT2D eigenvalue weighted by Crippen LogP contribution is -2.42. The molecule has 1 amide bonds. The number of carboxylic acids is 2. The van der Waals surface area contributed by atoms with E-state index in [4.69, 9.17) is 5.11 Å². The zero-order chi connectivity index (χ0) is 19.4. The molecule has 0 aliphatic rings. The number of amides is 1. The molecule has 0 radical (unpaired) electrons. The van der Waals surface area contributed by atoms with E-state index in [0.29, 0.717) is 0 Å². The molecule has 136 valence electrons. The second kappa shape index (κ2) is 7.70. The average Bonchev–Trinajstić information content (AvgIpc) is 2.67. The van der Waals surface area contributed by atoms with Gasteiger partial charge in [-0.05, 0) is 40.6 Å². The molecular formula is C21H17NO5. The summed E-state index contributed by atoms with van der Waals surface area (Å²) in [5.41, 5.74) is 1.07. The van der Waals surface area contributed by atoms with Gasteiger partial charge in [0.2, 0.25) is 0 Å². The Labute approximate surface area is 155 Å². The third kappa shape index (κ3) is 4.12. The second-order valence-corrected chi connectivity index (χ2v) is 6.09. The van der Waals surface area contributed by atoms with Crippen LogP contribution in [-0.2, 0) is 11.2 Å². The molecule has 27 heavy (non-hydrogen) atoms. The lowest BCUT2D eigenvalue weighted by Gasteiger charge is -2.16. The van der Waals surface area contributed by atoms with Crippen LogP contribution in [0.25, 0.3) is 10.8 Å². The van der Waals surface area contributed by atoms with E-state index in [2.05, 4.69) is 5.32 Å². The standard InChI is InChI=1S/C21H17NO5/c23-19(14-8-10-15(11-9-14)20(24)25)22-18(21(26)27)12-16-6-3-5-13-4-1-2-7-17(13)16/h1-11,18H,12H2,(H,22,23)(H,24,25)(H,26,27). The molecule has 3 rings (SSSR count). The molecule has 1 unspecified atom stereocenters. The largest absolute Gasteiger partial charge is 0.480 e. The summed E-state index contributed by atoms with van der Waals surface area (Å²) in [4.78, 5) is 34.9. The molecule has 0 spiro atoms. The zero-order valence-electron chi connectivity index (χ0n) is 14.3. The van der Waals surface area contributed by atoms with Gasteiger partial charge < -0.3 is 15.5 Å². The number of aliphatic carboxylic acids is 1. The molecule has 0 bridgehead atoms. The van der Waals surface area contributed by atoms with Crippen LogP contribution in [0.3, 0.4) is 0 Å². The number of nitrogens with one attached hydrogen (secondary N) is 1. The Hall–Kier alpha value is -3.67. The van der Waals surface area contributed by atoms with Crippen molar-refractivity contribution in [3.8, 4) is 0 Å². The van der Waals surface area contributed by atoms with Crippen LogP contribution in [0.15, 0.2) is 66.7 Å². The summed E-state index contributed by atoms with van der Waals surface area (Å²) in [6, 6.07) is 17.5. The van der Waals surface area contributed by atoms with Gasteiger partial charge in [-0.3, -0.25) is 4.79 Å². The monoisotopic (exact) mass is 363 g/mol. The van der Waals surface area contributed by atoms with Crippen LogP contribution in [0, 0.1) is 0 Å². The average molecular weight is 363 g/mol. The highest BCUT2D eigenvalue weighted by Crippen LogP contribution is 2.20. The van der Waals surface area contributed by atoms with Gasteiger partial charge in [0, 0.05) is 12.0 Å². The molecule has 3 N–H and O–H groups in total. The van der Waals surface area contributed by atoms with Gasteiger partial charge in [0.1, 0.15) is 6.04 Å². The van der Waals surface area contributed by atoms with Crippen molar-refractivity contribution >= 4 is 28.6 Å². The van der Waals surface area contributed by atoms with Gasteiger partial charge in [0.25, 0.3) is 5.91 Å². The van der Waals surface area contributed by atoms with Crippen LogP contribution in [0.5, 0.6) is 0 Å². The Kier molecular flexibility index (Phi) is 5.17. The number of fused-ring (bicyclic) bond motifs is 1. The topological polar surface area (TPSA) is 104 Å². The van der Waals surface area contributed by atoms with Gasteiger partial charge in [0.05, 0.1) is 5.56 Å². The minimum Gasteiger partial charge on any atom is -0.480 e. The number of hydrogen-bond donors (Lipinski definition) is 3. The smallest absolute Gasteiger partial charge is 0.335 e. The molecule has 0 aliphatic heterocycles. The van der Waals surface area contributed by atoms with Crippen molar-refractivity contribution in [2.24, 2.45) is 0 Å². The summed E-state index contributed by atoms with van der Waals surface area (Å²) in [6.45, 7) is 0. The summed E-state index contributed by atoms with van der Waals surface area (Å²) < 4.78 is 0. The first-order chi connectivity index (χ1) is 13.0. The maximum atomic E-state index is 12.4. The molecular weight excluding hydrogens is 346 g/mol. The van der Waals surface area contributed by atoms with Gasteiger partial charge in [-0.1, -0.05) is 42.5 Å². The number of aromatic carboxylic acids is 1. The lowest BCUT2D eigenvalue weighted by molar-refractivity contribution is -0.139. The lowest BCUT2D eigenvalue weighted by atomic mass is 9.98. The van der Waals surface area contributed by atoms with E-state index in [1.807, 2.05) is 42.5 Å². The van der Waals surface area contributed by atoms with Crippen molar-refractivity contribution in [3.05, 3.63) is 83.4 Å². The highest BCUT2D eigenvalue weighted by molar-refractivity contribution is 5.98. The fourth-order valence-corrected chi connectivity index (χ4v) is 2.90. The quantitative estimate of drug-likeness (QED) is 0.625. The molecule has 0 saturated heterocycles. The highest BCUT2D eigenvalue weighted by atomic mass is 16.4. The molecule has 1 atom stereocenters.